The summed E-state index contributed by atoms with van der Waals surface area (Å²) in [4.78, 5) is 22.1. The molecule has 0 radical (unpaired) electrons. The molecule has 0 saturated carbocycles. The number of hydrogen-bond acceptors (Lipinski definition) is 4. The molecule has 0 bridgehead atoms. The maximum atomic E-state index is 11.9. The lowest BCUT2D eigenvalue weighted by molar-refractivity contribution is -0.384. The summed E-state index contributed by atoms with van der Waals surface area (Å²) in [6, 6.07) is 6.04. The second-order valence-corrected chi connectivity index (χ2v) is 5.53. The Morgan fingerprint density at radius 2 is 1.81 bits per heavy atom. The van der Waals surface area contributed by atoms with E-state index in [1.54, 1.807) is 19.2 Å². The van der Waals surface area contributed by atoms with Crippen LogP contribution in [-0.2, 0) is 4.79 Å². The van der Waals surface area contributed by atoms with Gasteiger partial charge in [-0.3, -0.25) is 20.2 Å². The van der Waals surface area contributed by atoms with Crippen LogP contribution in [-0.4, -0.2) is 23.9 Å². The molecule has 2 atom stereocenters. The number of nitrogens with one attached hydrogen (secondary N) is 2. The van der Waals surface area contributed by atoms with E-state index in [2.05, 4.69) is 24.5 Å². The molecule has 0 spiro atoms. The van der Waals surface area contributed by atoms with Gasteiger partial charge in [-0.25, -0.2) is 0 Å². The summed E-state index contributed by atoms with van der Waals surface area (Å²) < 4.78 is 0. The Balaban J connectivity index is 2.78. The van der Waals surface area contributed by atoms with Crippen molar-refractivity contribution >= 4 is 11.6 Å². The molecule has 2 N–H and O–H groups in total. The molecule has 21 heavy (non-hydrogen) atoms. The first-order valence-electron chi connectivity index (χ1n) is 7.07. The molecule has 0 aliphatic rings. The molecule has 0 aliphatic heterocycles. The van der Waals surface area contributed by atoms with Crippen LogP contribution in [0.3, 0.4) is 0 Å². The topological polar surface area (TPSA) is 84.3 Å². The molecule has 2 unspecified atom stereocenters. The largest absolute Gasteiger partial charge is 0.358 e. The van der Waals surface area contributed by atoms with E-state index in [1.165, 1.54) is 12.1 Å². The van der Waals surface area contributed by atoms with Crippen molar-refractivity contribution in [2.75, 3.05) is 7.05 Å². The smallest absolute Gasteiger partial charge is 0.269 e. The normalized spacial score (nSPS) is 13.8. The lowest BCUT2D eigenvalue weighted by Gasteiger charge is -2.23. The summed E-state index contributed by atoms with van der Waals surface area (Å²) in [5, 5.41) is 16.6. The van der Waals surface area contributed by atoms with Crippen LogP contribution in [0, 0.1) is 16.0 Å². The zero-order chi connectivity index (χ0) is 16.0. The second-order valence-electron chi connectivity index (χ2n) is 5.53. The number of nitro groups is 1. The first-order chi connectivity index (χ1) is 9.85. The van der Waals surface area contributed by atoms with Gasteiger partial charge in [0.2, 0.25) is 5.91 Å². The highest BCUT2D eigenvalue weighted by molar-refractivity contribution is 5.81. The van der Waals surface area contributed by atoms with Gasteiger partial charge in [0.15, 0.2) is 0 Å². The van der Waals surface area contributed by atoms with Gasteiger partial charge in [-0.1, -0.05) is 26.0 Å². The van der Waals surface area contributed by atoms with Crippen molar-refractivity contribution in [3.63, 3.8) is 0 Å². The molecule has 0 heterocycles. The summed E-state index contributed by atoms with van der Waals surface area (Å²) in [6.45, 7) is 6.07. The Kier molecular flexibility index (Phi) is 6.30. The number of carbonyl (C=O) groups excluding carboxylic acids is 1. The Labute approximate surface area is 125 Å². The van der Waals surface area contributed by atoms with Gasteiger partial charge in [-0.05, 0) is 24.8 Å². The number of rotatable bonds is 7. The number of likely N-dealkylation sites (N-methyl/N-ethyl adjacent to an activating group) is 1. The second kappa shape index (κ2) is 7.73. The van der Waals surface area contributed by atoms with E-state index in [0.717, 1.165) is 12.0 Å². The molecule has 6 heteroatoms. The van der Waals surface area contributed by atoms with E-state index >= 15 is 0 Å². The Bertz CT molecular complexity index is 485. The lowest BCUT2D eigenvalue weighted by atomic mass is 10.0. The number of hydrogen-bond donors (Lipinski definition) is 2. The quantitative estimate of drug-likeness (QED) is 0.597. The van der Waals surface area contributed by atoms with Gasteiger partial charge in [-0.15, -0.1) is 0 Å². The van der Waals surface area contributed by atoms with E-state index < -0.39 is 4.92 Å². The molecule has 1 aromatic rings. The van der Waals surface area contributed by atoms with Crippen molar-refractivity contribution in [1.82, 2.24) is 10.6 Å². The third-order valence-corrected chi connectivity index (χ3v) is 3.33. The predicted molar refractivity (Wildman–Crippen MR) is 82.0 cm³/mol. The van der Waals surface area contributed by atoms with Crippen LogP contribution >= 0.6 is 0 Å². The third-order valence-electron chi connectivity index (χ3n) is 3.33. The van der Waals surface area contributed by atoms with Crippen molar-refractivity contribution < 1.29 is 9.72 Å². The van der Waals surface area contributed by atoms with Gasteiger partial charge < -0.3 is 5.32 Å². The van der Waals surface area contributed by atoms with E-state index in [1.807, 2.05) is 6.92 Å². The van der Waals surface area contributed by atoms with Crippen molar-refractivity contribution in [2.45, 2.75) is 39.3 Å². The monoisotopic (exact) mass is 293 g/mol. The number of amides is 1. The van der Waals surface area contributed by atoms with Gasteiger partial charge >= 0.3 is 0 Å². The maximum absolute atomic E-state index is 11.9. The first-order valence-corrected chi connectivity index (χ1v) is 7.07. The molecule has 0 saturated heterocycles. The van der Waals surface area contributed by atoms with Crippen LogP contribution in [0.4, 0.5) is 5.69 Å². The van der Waals surface area contributed by atoms with E-state index in [4.69, 9.17) is 0 Å². The minimum Gasteiger partial charge on any atom is -0.358 e. The molecule has 0 aliphatic carbocycles. The highest BCUT2D eigenvalue weighted by Crippen LogP contribution is 2.19. The van der Waals surface area contributed by atoms with Gasteiger partial charge in [0, 0.05) is 25.2 Å². The van der Waals surface area contributed by atoms with Gasteiger partial charge in [0.1, 0.15) is 0 Å². The Hall–Kier alpha value is -1.95. The van der Waals surface area contributed by atoms with Crippen molar-refractivity contribution in [3.05, 3.63) is 39.9 Å². The van der Waals surface area contributed by atoms with Crippen LogP contribution in [0.1, 0.15) is 38.8 Å². The minimum absolute atomic E-state index is 0.0440. The fourth-order valence-electron chi connectivity index (χ4n) is 2.18. The van der Waals surface area contributed by atoms with Gasteiger partial charge in [0.25, 0.3) is 5.69 Å². The summed E-state index contributed by atoms with van der Waals surface area (Å²) in [5.41, 5.74) is 0.981. The van der Waals surface area contributed by atoms with Crippen LogP contribution in [0.5, 0.6) is 0 Å². The summed E-state index contributed by atoms with van der Waals surface area (Å²) in [7, 11) is 1.62. The van der Waals surface area contributed by atoms with Gasteiger partial charge in [0.05, 0.1) is 11.0 Å². The fraction of sp³-hybridized carbons (Fsp3) is 0.533. The minimum atomic E-state index is -0.423. The molecule has 0 aromatic heterocycles. The number of nitro benzene ring substituents is 1. The number of nitrogens with zero attached hydrogens (tertiary/aromatic N) is 1. The summed E-state index contributed by atoms with van der Waals surface area (Å²) >= 11 is 0. The summed E-state index contributed by atoms with van der Waals surface area (Å²) in [5.74, 6) is 0.348. The molecular weight excluding hydrogens is 270 g/mol. The Morgan fingerprint density at radius 3 is 2.24 bits per heavy atom. The standard InChI is InChI=1S/C15H23N3O3/c1-10(2)9-14(15(19)16-4)17-11(3)12-5-7-13(8-6-12)18(20)21/h5-8,10-11,14,17H,9H2,1-4H3,(H,16,19). The Morgan fingerprint density at radius 1 is 1.24 bits per heavy atom. The van der Waals surface area contributed by atoms with E-state index in [9.17, 15) is 14.9 Å². The number of benzene rings is 1. The average Bonchev–Trinajstić information content (AvgIpc) is 2.45. The van der Waals surface area contributed by atoms with Crippen molar-refractivity contribution in [2.24, 2.45) is 5.92 Å². The molecule has 1 amide bonds. The highest BCUT2D eigenvalue weighted by atomic mass is 16.6. The van der Waals surface area contributed by atoms with E-state index in [-0.39, 0.29) is 23.7 Å². The van der Waals surface area contributed by atoms with Gasteiger partial charge in [-0.2, -0.15) is 0 Å². The predicted octanol–water partition coefficient (Wildman–Crippen LogP) is 2.41. The maximum Gasteiger partial charge on any atom is 0.269 e. The van der Waals surface area contributed by atoms with Crippen LogP contribution in [0.25, 0.3) is 0 Å². The molecule has 6 nitrogen and oxygen atoms in total. The lowest BCUT2D eigenvalue weighted by Crippen LogP contribution is -2.44. The molecular formula is C15H23N3O3. The molecule has 0 fully saturated rings. The number of non-ortho nitro benzene ring substituents is 1. The van der Waals surface area contributed by atoms with Crippen LogP contribution < -0.4 is 10.6 Å². The molecule has 1 rings (SSSR count). The van der Waals surface area contributed by atoms with E-state index in [0.29, 0.717) is 5.92 Å². The van der Waals surface area contributed by atoms with Crippen LogP contribution in [0.2, 0.25) is 0 Å². The average molecular weight is 293 g/mol. The zero-order valence-electron chi connectivity index (χ0n) is 12.9. The van der Waals surface area contributed by atoms with Crippen molar-refractivity contribution in [3.8, 4) is 0 Å². The highest BCUT2D eigenvalue weighted by Gasteiger charge is 2.21. The molecule has 116 valence electrons. The zero-order valence-corrected chi connectivity index (χ0v) is 12.9. The number of carbonyl (C=O) groups is 1. The summed E-state index contributed by atoms with van der Waals surface area (Å²) in [6.07, 6.45) is 0.733. The SMILES string of the molecule is CNC(=O)C(CC(C)C)NC(C)c1ccc([N+](=O)[O-])cc1. The van der Waals surface area contributed by atoms with Crippen molar-refractivity contribution in [1.29, 1.82) is 0 Å². The van der Waals surface area contributed by atoms with Crippen LogP contribution in [0.15, 0.2) is 24.3 Å². The molecule has 1 aromatic carbocycles. The third kappa shape index (κ3) is 5.15. The first kappa shape index (κ1) is 17.1. The fourth-order valence-corrected chi connectivity index (χ4v) is 2.18.